The molecule has 4 nitrogen and oxygen atoms in total. The van der Waals surface area contributed by atoms with Gasteiger partial charge in [0.25, 0.3) is 0 Å². The Kier molecular flexibility index (Phi) is 2.87. The molecule has 0 atom stereocenters. The normalized spacial score (nSPS) is 15.0. The monoisotopic (exact) mass is 218 g/mol. The van der Waals surface area contributed by atoms with Crippen molar-refractivity contribution in [3.05, 3.63) is 0 Å². The van der Waals surface area contributed by atoms with Crippen LogP contribution in [0.4, 0.5) is 22.0 Å². The van der Waals surface area contributed by atoms with E-state index in [1.807, 2.05) is 4.29 Å². The van der Waals surface area contributed by atoms with E-state index in [0.717, 1.165) is 0 Å². The molecule has 0 aliphatic heterocycles. The van der Waals surface area contributed by atoms with Gasteiger partial charge in [-0.1, -0.05) is 0 Å². The fourth-order valence-electron chi connectivity index (χ4n) is 0.162. The highest BCUT2D eigenvalue weighted by molar-refractivity contribution is 4.60. The van der Waals surface area contributed by atoms with Gasteiger partial charge < -0.3 is 0 Å². The average molecular weight is 218 g/mol. The van der Waals surface area contributed by atoms with E-state index in [1.165, 1.54) is 0 Å². The van der Waals surface area contributed by atoms with E-state index >= 15 is 0 Å². The molecule has 0 amide bonds. The maximum atomic E-state index is 11.5. The number of hydrogen-bond acceptors (Lipinski definition) is 4. The number of alkyl halides is 5. The first-order valence-corrected chi connectivity index (χ1v) is 3.25. The van der Waals surface area contributed by atoms with E-state index in [0.29, 0.717) is 0 Å². The molecular weight excluding hydrogens is 218 g/mol. The number of halogens is 6. The second kappa shape index (κ2) is 2.92. The lowest BCUT2D eigenvalue weighted by Gasteiger charge is -2.18. The summed E-state index contributed by atoms with van der Waals surface area (Å²) in [6, 6.07) is 0. The molecule has 74 valence electrons. The molecule has 0 N–H and O–H groups in total. The van der Waals surface area contributed by atoms with Gasteiger partial charge in [0, 0.05) is 0 Å². The zero-order valence-corrected chi connectivity index (χ0v) is 5.66. The van der Waals surface area contributed by atoms with Gasteiger partial charge in [-0.25, -0.2) is 0 Å². The standard InChI is InChI=1S/C2ClF5O4/c4-1(5,6)2(7,8)12-3(9,10)11. The van der Waals surface area contributed by atoms with Gasteiger partial charge in [-0.3, -0.25) is 0 Å². The van der Waals surface area contributed by atoms with E-state index in [-0.39, 0.29) is 0 Å². The topological polar surface area (TPSA) is 78.4 Å². The summed E-state index contributed by atoms with van der Waals surface area (Å²) in [4.78, 5) is 0. The predicted octanol–water partition coefficient (Wildman–Crippen LogP) is -1.94. The highest BCUT2D eigenvalue weighted by Gasteiger charge is 2.70. The second-order valence-corrected chi connectivity index (χ2v) is 2.38. The Hall–Kier alpha value is -0.220. The average Bonchev–Trinajstić information content (AvgIpc) is 1.52. The number of hydrogen-bond donors (Lipinski definition) is 0. The molecule has 0 bridgehead atoms. The van der Waals surface area contributed by atoms with Gasteiger partial charge in [0.2, 0.25) is 0 Å². The van der Waals surface area contributed by atoms with Gasteiger partial charge in [-0.15, -0.1) is 0 Å². The van der Waals surface area contributed by atoms with Gasteiger partial charge >= 0.3 is 12.3 Å². The first-order chi connectivity index (χ1) is 4.96. The Morgan fingerprint density at radius 2 is 1.25 bits per heavy atom. The minimum Gasteiger partial charge on any atom is -0.183 e. The summed E-state index contributed by atoms with van der Waals surface area (Å²) in [5, 5.41) is 0. The Labute approximate surface area is 63.9 Å². The van der Waals surface area contributed by atoms with Crippen molar-refractivity contribution in [2.45, 2.75) is 12.3 Å². The molecule has 0 saturated carbocycles. The third-order valence-corrected chi connectivity index (χ3v) is 0.904. The molecule has 0 fully saturated rings. The van der Waals surface area contributed by atoms with Crippen LogP contribution in [-0.4, -0.2) is 12.3 Å². The van der Waals surface area contributed by atoms with Crippen LogP contribution >= 0.6 is 0 Å². The molecule has 0 aromatic rings. The van der Waals surface area contributed by atoms with Crippen LogP contribution in [-0.2, 0) is 4.29 Å². The van der Waals surface area contributed by atoms with Gasteiger partial charge in [0.1, 0.15) is 0 Å². The first kappa shape index (κ1) is 11.8. The predicted molar refractivity (Wildman–Crippen MR) is 12.1 cm³/mol. The second-order valence-electron chi connectivity index (χ2n) is 1.47. The van der Waals surface area contributed by atoms with Crippen LogP contribution in [0.3, 0.4) is 0 Å². The Bertz CT molecular complexity index is 160. The molecule has 0 aliphatic carbocycles. The lowest BCUT2D eigenvalue weighted by Crippen LogP contribution is -2.65. The maximum Gasteiger partial charge on any atom is 0.599 e. The van der Waals surface area contributed by atoms with Crippen molar-refractivity contribution in [1.82, 2.24) is 0 Å². The molecule has 0 aliphatic rings. The van der Waals surface area contributed by atoms with Crippen molar-refractivity contribution in [3.63, 3.8) is 0 Å². The lowest BCUT2D eigenvalue weighted by molar-refractivity contribution is -1.92. The summed E-state index contributed by atoms with van der Waals surface area (Å²) in [7, 11) is -5.82. The molecule has 12 heavy (non-hydrogen) atoms. The smallest absolute Gasteiger partial charge is 0.183 e. The Morgan fingerprint density at radius 3 is 1.33 bits per heavy atom. The van der Waals surface area contributed by atoms with E-state index in [9.17, 15) is 35.9 Å². The Balaban J connectivity index is 4.44. The highest BCUT2D eigenvalue weighted by Crippen LogP contribution is 2.37. The summed E-state index contributed by atoms with van der Waals surface area (Å²) in [5.74, 6) is 0. The summed E-state index contributed by atoms with van der Waals surface area (Å²) in [6.45, 7) is 0. The van der Waals surface area contributed by atoms with E-state index in [2.05, 4.69) is 0 Å². The van der Waals surface area contributed by atoms with Crippen LogP contribution in [0.1, 0.15) is 0 Å². The van der Waals surface area contributed by atoms with Gasteiger partial charge in [0.15, 0.2) is 4.29 Å². The van der Waals surface area contributed by atoms with Crippen LogP contribution in [0.15, 0.2) is 0 Å². The highest BCUT2D eigenvalue weighted by atomic mass is 35.7. The molecule has 0 unspecified atom stereocenters. The quantitative estimate of drug-likeness (QED) is 0.505. The molecule has 0 aromatic heterocycles. The molecule has 0 rings (SSSR count). The summed E-state index contributed by atoms with van der Waals surface area (Å²) in [6.07, 6.45) is -12.2. The molecule has 10 heteroatoms. The summed E-state index contributed by atoms with van der Waals surface area (Å²) < 4.78 is 86.1. The molecule has 0 saturated heterocycles. The van der Waals surface area contributed by atoms with E-state index in [4.69, 9.17) is 0 Å². The van der Waals surface area contributed by atoms with Crippen LogP contribution in [0.5, 0.6) is 0 Å². The fourth-order valence-corrected chi connectivity index (χ4v) is 0.487. The molecule has 0 heterocycles. The van der Waals surface area contributed by atoms with E-state index in [1.54, 1.807) is 0 Å². The molecular formula is C2ClF5O4. The largest absolute Gasteiger partial charge is 0.599 e. The molecule has 0 aromatic carbocycles. The van der Waals surface area contributed by atoms with Crippen LogP contribution in [0.2, 0.25) is 0 Å². The zero-order valence-electron chi connectivity index (χ0n) is 4.90. The van der Waals surface area contributed by atoms with Crippen molar-refractivity contribution in [2.24, 2.45) is 0 Å². The summed E-state index contributed by atoms with van der Waals surface area (Å²) >= 11 is 0. The SMILES string of the molecule is [O-][Cl+3]([O-])([O-])OC(F)(F)C(F)(F)F. The molecule has 0 spiro atoms. The van der Waals surface area contributed by atoms with Gasteiger partial charge in [0.05, 0.1) is 10.2 Å². The first-order valence-electron chi connectivity index (χ1n) is 2.02. The maximum absolute atomic E-state index is 11.5. The van der Waals surface area contributed by atoms with Crippen molar-refractivity contribution >= 4 is 0 Å². The molecule has 0 radical (unpaired) electrons. The minimum absolute atomic E-state index is 1.92. The number of rotatable bonds is 2. The van der Waals surface area contributed by atoms with E-state index < -0.39 is 22.5 Å². The zero-order chi connectivity index (χ0) is 10.2. The lowest BCUT2D eigenvalue weighted by atomic mass is 10.6. The summed E-state index contributed by atoms with van der Waals surface area (Å²) in [5.41, 5.74) is 0. The van der Waals surface area contributed by atoms with Crippen molar-refractivity contribution in [1.29, 1.82) is 0 Å². The third kappa shape index (κ3) is 3.45. The third-order valence-electron chi connectivity index (χ3n) is 0.521. The minimum atomic E-state index is -6.24. The Morgan fingerprint density at radius 1 is 0.917 bits per heavy atom. The van der Waals surface area contributed by atoms with Crippen molar-refractivity contribution in [2.75, 3.05) is 0 Å². The van der Waals surface area contributed by atoms with Crippen molar-refractivity contribution < 1.29 is 50.5 Å². The van der Waals surface area contributed by atoms with Crippen LogP contribution < -0.4 is 14.0 Å². The van der Waals surface area contributed by atoms with Crippen LogP contribution in [0.25, 0.3) is 0 Å². The fraction of sp³-hybridized carbons (Fsp3) is 1.00. The van der Waals surface area contributed by atoms with Gasteiger partial charge in [-0.05, 0) is 0 Å². The van der Waals surface area contributed by atoms with Gasteiger partial charge in [-0.2, -0.15) is 35.9 Å². The van der Waals surface area contributed by atoms with Crippen molar-refractivity contribution in [3.8, 4) is 0 Å². The van der Waals surface area contributed by atoms with Crippen LogP contribution in [0, 0.1) is 10.2 Å².